The van der Waals surface area contributed by atoms with Gasteiger partial charge in [-0.15, -0.1) is 0 Å². The molecule has 5 rings (SSSR count). The molecule has 1 fully saturated rings. The number of aromatic nitrogens is 1. The second-order valence-electron chi connectivity index (χ2n) is 10.3. The standard InChI is InChI=1S/C31H31FN4O6S/c1-3-43(40,41)26-7-5-4-6-22(26)28-23(31(38)39)13-15-36(28)30(37)27(19-8-11-24(32)25(17-19)42-2)35-20-9-10-21-18(16-20)12-14-34-29(21)33/h4-12,14,16-17,23,27-28,35H,3,13,15H2,1-2H3,(H2,33,34)(H,38,39)/t23-,27+,28-/m0/s1. The van der Waals surface area contributed by atoms with Crippen LogP contribution in [-0.4, -0.2) is 54.7 Å². The molecule has 0 bridgehead atoms. The monoisotopic (exact) mass is 606 g/mol. The molecule has 43 heavy (non-hydrogen) atoms. The van der Waals surface area contributed by atoms with Crippen LogP contribution in [0.25, 0.3) is 10.8 Å². The van der Waals surface area contributed by atoms with Crippen molar-refractivity contribution in [2.75, 3.05) is 30.5 Å². The number of nitrogen functional groups attached to an aromatic ring is 1. The van der Waals surface area contributed by atoms with E-state index in [-0.39, 0.29) is 34.9 Å². The highest BCUT2D eigenvalue weighted by molar-refractivity contribution is 7.91. The zero-order valence-electron chi connectivity index (χ0n) is 23.5. The Balaban J connectivity index is 1.62. The maximum Gasteiger partial charge on any atom is 0.309 e. The normalized spacial score (nSPS) is 17.5. The lowest BCUT2D eigenvalue weighted by molar-refractivity contribution is -0.143. The number of benzene rings is 3. The van der Waals surface area contributed by atoms with Gasteiger partial charge in [0.25, 0.3) is 0 Å². The number of rotatable bonds is 9. The number of halogens is 1. The number of carboxylic acids is 1. The van der Waals surface area contributed by atoms with Crippen LogP contribution in [0, 0.1) is 11.7 Å². The number of aliphatic carboxylic acids is 1. The van der Waals surface area contributed by atoms with E-state index < -0.39 is 45.5 Å². The molecule has 1 aliphatic heterocycles. The molecule has 0 radical (unpaired) electrons. The van der Waals surface area contributed by atoms with E-state index in [9.17, 15) is 27.5 Å². The van der Waals surface area contributed by atoms with E-state index in [1.165, 1.54) is 43.2 Å². The molecule has 1 aromatic heterocycles. The molecule has 224 valence electrons. The number of fused-ring (bicyclic) bond motifs is 1. The Morgan fingerprint density at radius 2 is 1.93 bits per heavy atom. The predicted molar refractivity (Wildman–Crippen MR) is 160 cm³/mol. The average molecular weight is 607 g/mol. The van der Waals surface area contributed by atoms with Crippen molar-refractivity contribution in [3.05, 3.63) is 89.9 Å². The summed E-state index contributed by atoms with van der Waals surface area (Å²) in [5, 5.41) is 14.8. The zero-order valence-corrected chi connectivity index (χ0v) is 24.3. The van der Waals surface area contributed by atoms with Crippen LogP contribution in [-0.2, 0) is 19.4 Å². The van der Waals surface area contributed by atoms with Gasteiger partial charge >= 0.3 is 5.97 Å². The third kappa shape index (κ3) is 5.70. The summed E-state index contributed by atoms with van der Waals surface area (Å²) >= 11 is 0. The summed E-state index contributed by atoms with van der Waals surface area (Å²) in [5.41, 5.74) is 7.15. The summed E-state index contributed by atoms with van der Waals surface area (Å²) in [6.45, 7) is 1.57. The van der Waals surface area contributed by atoms with Crippen LogP contribution in [0.3, 0.4) is 0 Å². The second kappa shape index (κ2) is 11.9. The van der Waals surface area contributed by atoms with Crippen molar-refractivity contribution < 1.29 is 32.2 Å². The van der Waals surface area contributed by atoms with Gasteiger partial charge in [-0.1, -0.05) is 31.2 Å². The molecule has 1 amide bonds. The predicted octanol–water partition coefficient (Wildman–Crippen LogP) is 4.59. The number of carboxylic acid groups (broad SMARTS) is 1. The fourth-order valence-corrected chi connectivity index (χ4v) is 6.76. The first-order valence-electron chi connectivity index (χ1n) is 13.6. The summed E-state index contributed by atoms with van der Waals surface area (Å²) in [7, 11) is -2.43. The lowest BCUT2D eigenvalue weighted by Crippen LogP contribution is -2.39. The van der Waals surface area contributed by atoms with Crippen LogP contribution in [0.4, 0.5) is 15.9 Å². The summed E-state index contributed by atoms with van der Waals surface area (Å²) in [5.74, 6) is -3.23. The van der Waals surface area contributed by atoms with Crippen LogP contribution in [0.1, 0.15) is 36.6 Å². The van der Waals surface area contributed by atoms with Gasteiger partial charge in [-0.2, -0.15) is 0 Å². The average Bonchev–Trinajstić information content (AvgIpc) is 3.46. The van der Waals surface area contributed by atoms with Crippen molar-refractivity contribution in [1.29, 1.82) is 0 Å². The summed E-state index contributed by atoms with van der Waals surface area (Å²) in [6.07, 6.45) is 1.69. The van der Waals surface area contributed by atoms with Crippen LogP contribution < -0.4 is 15.8 Å². The summed E-state index contributed by atoms with van der Waals surface area (Å²) in [6, 6.07) is 15.1. The molecule has 3 atom stereocenters. The fourth-order valence-electron chi connectivity index (χ4n) is 5.61. The topological polar surface area (TPSA) is 152 Å². The first kappa shape index (κ1) is 29.8. The quantitative estimate of drug-likeness (QED) is 0.248. The zero-order chi connectivity index (χ0) is 30.9. The minimum absolute atomic E-state index is 0.0119. The number of hydrogen-bond acceptors (Lipinski definition) is 8. The minimum atomic E-state index is -3.74. The lowest BCUT2D eigenvalue weighted by atomic mass is 9.93. The van der Waals surface area contributed by atoms with Crippen molar-refractivity contribution in [2.45, 2.75) is 30.3 Å². The van der Waals surface area contributed by atoms with Crippen molar-refractivity contribution >= 4 is 44.0 Å². The molecule has 1 saturated heterocycles. The number of likely N-dealkylation sites (tertiary alicyclic amines) is 1. The van der Waals surface area contributed by atoms with Gasteiger partial charge in [0.05, 0.1) is 29.7 Å². The number of hydrogen-bond donors (Lipinski definition) is 3. The first-order valence-corrected chi connectivity index (χ1v) is 15.3. The lowest BCUT2D eigenvalue weighted by Gasteiger charge is -2.32. The molecular weight excluding hydrogens is 575 g/mol. The van der Waals surface area contributed by atoms with Gasteiger partial charge in [0.15, 0.2) is 21.4 Å². The SMILES string of the molecule is CCS(=O)(=O)c1ccccc1[C@H]1[C@@H](C(=O)O)CCN1C(=O)[C@H](Nc1ccc2c(N)nccc2c1)c1ccc(F)c(OC)c1. The van der Waals surface area contributed by atoms with Crippen molar-refractivity contribution in [3.63, 3.8) is 0 Å². The van der Waals surface area contributed by atoms with Crippen molar-refractivity contribution in [2.24, 2.45) is 5.92 Å². The fraction of sp³-hybridized carbons (Fsp3) is 0.258. The number of carbonyl (C=O) groups is 2. The van der Waals surface area contributed by atoms with Gasteiger partial charge in [-0.25, -0.2) is 17.8 Å². The van der Waals surface area contributed by atoms with Crippen LogP contribution >= 0.6 is 0 Å². The second-order valence-corrected chi connectivity index (χ2v) is 12.5. The van der Waals surface area contributed by atoms with Gasteiger partial charge in [0.2, 0.25) is 5.91 Å². The number of ether oxygens (including phenoxy) is 1. The van der Waals surface area contributed by atoms with Gasteiger partial charge < -0.3 is 25.8 Å². The number of carbonyl (C=O) groups excluding carboxylic acids is 1. The first-order chi connectivity index (χ1) is 20.6. The Kier molecular flexibility index (Phi) is 8.23. The van der Waals surface area contributed by atoms with E-state index in [1.807, 2.05) is 0 Å². The Labute approximate surface area is 248 Å². The van der Waals surface area contributed by atoms with E-state index in [1.54, 1.807) is 48.7 Å². The highest BCUT2D eigenvalue weighted by Crippen LogP contribution is 2.42. The largest absolute Gasteiger partial charge is 0.494 e. The number of nitrogens with two attached hydrogens (primary N) is 1. The molecule has 0 unspecified atom stereocenters. The summed E-state index contributed by atoms with van der Waals surface area (Å²) in [4.78, 5) is 32.4. The maximum absolute atomic E-state index is 14.5. The smallest absolute Gasteiger partial charge is 0.309 e. The Bertz CT molecular complexity index is 1820. The molecule has 1 aliphatic rings. The summed E-state index contributed by atoms with van der Waals surface area (Å²) < 4.78 is 45.7. The van der Waals surface area contributed by atoms with Crippen LogP contribution in [0.15, 0.2) is 77.8 Å². The van der Waals surface area contributed by atoms with Crippen molar-refractivity contribution in [3.8, 4) is 5.75 Å². The van der Waals surface area contributed by atoms with Gasteiger partial charge in [0.1, 0.15) is 11.9 Å². The van der Waals surface area contributed by atoms with E-state index >= 15 is 0 Å². The third-order valence-electron chi connectivity index (χ3n) is 7.81. The Morgan fingerprint density at radius 3 is 2.65 bits per heavy atom. The van der Waals surface area contributed by atoms with Crippen LogP contribution in [0.5, 0.6) is 5.75 Å². The highest BCUT2D eigenvalue weighted by atomic mass is 32.2. The third-order valence-corrected chi connectivity index (χ3v) is 9.61. The molecule has 4 aromatic rings. The molecule has 12 heteroatoms. The maximum atomic E-state index is 14.5. The molecule has 2 heterocycles. The van der Waals surface area contributed by atoms with Gasteiger partial charge in [-0.3, -0.25) is 9.59 Å². The number of anilines is 2. The molecule has 0 spiro atoms. The molecule has 4 N–H and O–H groups in total. The Hall–Kier alpha value is -4.71. The number of sulfone groups is 1. The van der Waals surface area contributed by atoms with Crippen molar-refractivity contribution in [1.82, 2.24) is 9.88 Å². The number of amides is 1. The van der Waals surface area contributed by atoms with E-state index in [4.69, 9.17) is 10.5 Å². The highest BCUT2D eigenvalue weighted by Gasteiger charge is 2.45. The Morgan fingerprint density at radius 1 is 1.16 bits per heavy atom. The number of methoxy groups -OCH3 is 1. The van der Waals surface area contributed by atoms with E-state index in [0.717, 1.165) is 10.8 Å². The molecule has 10 nitrogen and oxygen atoms in total. The van der Waals surface area contributed by atoms with Crippen LogP contribution in [0.2, 0.25) is 0 Å². The number of nitrogens with one attached hydrogen (secondary N) is 1. The molecule has 3 aromatic carbocycles. The van der Waals surface area contributed by atoms with Gasteiger partial charge in [-0.05, 0) is 65.4 Å². The van der Waals surface area contributed by atoms with E-state index in [0.29, 0.717) is 17.1 Å². The minimum Gasteiger partial charge on any atom is -0.494 e. The molecule has 0 saturated carbocycles. The molecule has 0 aliphatic carbocycles. The van der Waals surface area contributed by atoms with E-state index in [2.05, 4.69) is 10.3 Å². The van der Waals surface area contributed by atoms with Gasteiger partial charge in [0, 0.05) is 23.8 Å². The molecular formula is C31H31FN4O6S. The number of pyridine rings is 1. The number of nitrogens with zero attached hydrogens (tertiary/aromatic N) is 2.